The van der Waals surface area contributed by atoms with E-state index in [1.165, 1.54) is 11.1 Å². The highest BCUT2D eigenvalue weighted by Crippen LogP contribution is 2.27. The van der Waals surface area contributed by atoms with Gasteiger partial charge in [0.2, 0.25) is 5.91 Å². The Morgan fingerprint density at radius 1 is 1.32 bits per heavy atom. The van der Waals surface area contributed by atoms with E-state index in [2.05, 4.69) is 19.1 Å². The average Bonchev–Trinajstić information content (AvgIpc) is 2.86. The topological polar surface area (TPSA) is 40.5 Å². The molecule has 0 fully saturated rings. The standard InChI is InChI=1S/C16H23NO2/c1-3-5-6-16(19)17-10-13-8-7-12(15(18)4-2)9-14(13)11-17/h7-9,15,18H,3-6,10-11H2,1-2H3. The molecule has 1 unspecified atom stereocenters. The molecule has 19 heavy (non-hydrogen) atoms. The van der Waals surface area contributed by atoms with Crippen LogP contribution in [0.25, 0.3) is 0 Å². The maximum absolute atomic E-state index is 12.0. The quantitative estimate of drug-likeness (QED) is 0.884. The van der Waals surface area contributed by atoms with Crippen molar-refractivity contribution in [1.29, 1.82) is 0 Å². The Kier molecular flexibility index (Phi) is 4.59. The van der Waals surface area contributed by atoms with Crippen molar-refractivity contribution in [2.24, 2.45) is 0 Å². The second-order valence-electron chi connectivity index (χ2n) is 5.31. The van der Waals surface area contributed by atoms with Crippen molar-refractivity contribution >= 4 is 5.91 Å². The number of aliphatic hydroxyl groups excluding tert-OH is 1. The fraction of sp³-hybridized carbons (Fsp3) is 0.562. The molecular formula is C16H23NO2. The molecule has 0 aliphatic carbocycles. The Labute approximate surface area is 115 Å². The highest BCUT2D eigenvalue weighted by molar-refractivity contribution is 5.77. The molecule has 1 heterocycles. The van der Waals surface area contributed by atoms with Crippen LogP contribution in [0.3, 0.4) is 0 Å². The zero-order valence-corrected chi connectivity index (χ0v) is 11.9. The molecular weight excluding hydrogens is 238 g/mol. The first-order chi connectivity index (χ1) is 9.15. The Hall–Kier alpha value is -1.35. The van der Waals surface area contributed by atoms with Gasteiger partial charge in [-0.1, -0.05) is 38.5 Å². The van der Waals surface area contributed by atoms with E-state index >= 15 is 0 Å². The molecule has 1 amide bonds. The van der Waals surface area contributed by atoms with Gasteiger partial charge in [0, 0.05) is 19.5 Å². The lowest BCUT2D eigenvalue weighted by Gasteiger charge is -2.14. The molecule has 1 aliphatic heterocycles. The molecule has 0 saturated carbocycles. The molecule has 1 N–H and O–H groups in total. The maximum atomic E-state index is 12.0. The van der Waals surface area contributed by atoms with Crippen molar-refractivity contribution in [2.75, 3.05) is 0 Å². The van der Waals surface area contributed by atoms with Crippen LogP contribution >= 0.6 is 0 Å². The monoisotopic (exact) mass is 261 g/mol. The van der Waals surface area contributed by atoms with Crippen molar-refractivity contribution < 1.29 is 9.90 Å². The fourth-order valence-electron chi connectivity index (χ4n) is 2.52. The first kappa shape index (κ1) is 14.1. The van der Waals surface area contributed by atoms with E-state index in [-0.39, 0.29) is 5.91 Å². The van der Waals surface area contributed by atoms with Crippen LogP contribution in [0.2, 0.25) is 0 Å². The Balaban J connectivity index is 2.05. The summed E-state index contributed by atoms with van der Waals surface area (Å²) in [6.07, 6.45) is 2.99. The lowest BCUT2D eigenvalue weighted by Crippen LogP contribution is -2.24. The van der Waals surface area contributed by atoms with E-state index in [1.54, 1.807) is 0 Å². The minimum Gasteiger partial charge on any atom is -0.388 e. The smallest absolute Gasteiger partial charge is 0.223 e. The lowest BCUT2D eigenvalue weighted by atomic mass is 10.0. The van der Waals surface area contributed by atoms with E-state index in [4.69, 9.17) is 0 Å². The summed E-state index contributed by atoms with van der Waals surface area (Å²) >= 11 is 0. The second-order valence-corrected chi connectivity index (χ2v) is 5.31. The minimum atomic E-state index is -0.393. The van der Waals surface area contributed by atoms with Crippen LogP contribution in [0.4, 0.5) is 0 Å². The number of carbonyl (C=O) groups excluding carboxylic acids is 1. The molecule has 0 radical (unpaired) electrons. The zero-order chi connectivity index (χ0) is 13.8. The Morgan fingerprint density at radius 2 is 2.05 bits per heavy atom. The number of hydrogen-bond donors (Lipinski definition) is 1. The first-order valence-electron chi connectivity index (χ1n) is 7.23. The van der Waals surface area contributed by atoms with Crippen LogP contribution in [-0.4, -0.2) is 15.9 Å². The molecule has 1 atom stereocenters. The third-order valence-corrected chi connectivity index (χ3v) is 3.82. The zero-order valence-electron chi connectivity index (χ0n) is 11.9. The summed E-state index contributed by atoms with van der Waals surface area (Å²) in [6.45, 7) is 5.49. The summed E-state index contributed by atoms with van der Waals surface area (Å²) in [7, 11) is 0. The van der Waals surface area contributed by atoms with Gasteiger partial charge in [0.05, 0.1) is 6.10 Å². The molecule has 1 aromatic rings. The van der Waals surface area contributed by atoms with Gasteiger partial charge in [-0.15, -0.1) is 0 Å². The van der Waals surface area contributed by atoms with E-state index in [0.717, 1.165) is 31.4 Å². The van der Waals surface area contributed by atoms with Gasteiger partial charge in [0.15, 0.2) is 0 Å². The number of aliphatic hydroxyl groups is 1. The number of benzene rings is 1. The van der Waals surface area contributed by atoms with Crippen LogP contribution in [0.5, 0.6) is 0 Å². The number of nitrogens with zero attached hydrogens (tertiary/aromatic N) is 1. The number of carbonyl (C=O) groups is 1. The average molecular weight is 261 g/mol. The lowest BCUT2D eigenvalue weighted by molar-refractivity contribution is -0.131. The number of rotatable bonds is 5. The van der Waals surface area contributed by atoms with Crippen molar-refractivity contribution in [3.8, 4) is 0 Å². The molecule has 104 valence electrons. The molecule has 0 aromatic heterocycles. The van der Waals surface area contributed by atoms with Crippen molar-refractivity contribution in [3.63, 3.8) is 0 Å². The van der Waals surface area contributed by atoms with E-state index < -0.39 is 6.10 Å². The van der Waals surface area contributed by atoms with Crippen molar-refractivity contribution in [2.45, 2.75) is 58.7 Å². The largest absolute Gasteiger partial charge is 0.388 e. The molecule has 0 spiro atoms. The summed E-state index contributed by atoms with van der Waals surface area (Å²) in [5.41, 5.74) is 3.37. The van der Waals surface area contributed by atoms with E-state index in [1.807, 2.05) is 17.9 Å². The summed E-state index contributed by atoms with van der Waals surface area (Å²) in [4.78, 5) is 13.9. The summed E-state index contributed by atoms with van der Waals surface area (Å²) < 4.78 is 0. The van der Waals surface area contributed by atoms with Gasteiger partial charge in [0.25, 0.3) is 0 Å². The Bertz CT molecular complexity index is 456. The van der Waals surface area contributed by atoms with Crippen LogP contribution in [0.15, 0.2) is 18.2 Å². The molecule has 1 aliphatic rings. The fourth-order valence-corrected chi connectivity index (χ4v) is 2.52. The van der Waals surface area contributed by atoms with Crippen molar-refractivity contribution in [3.05, 3.63) is 34.9 Å². The van der Waals surface area contributed by atoms with Crippen LogP contribution in [0.1, 0.15) is 62.3 Å². The van der Waals surface area contributed by atoms with Crippen molar-refractivity contribution in [1.82, 2.24) is 4.90 Å². The summed E-state index contributed by atoms with van der Waals surface area (Å²) in [6, 6.07) is 6.08. The SMILES string of the molecule is CCCCC(=O)N1Cc2ccc(C(O)CC)cc2C1. The van der Waals surface area contributed by atoms with Crippen LogP contribution < -0.4 is 0 Å². The van der Waals surface area contributed by atoms with Gasteiger partial charge < -0.3 is 10.0 Å². The highest BCUT2D eigenvalue weighted by atomic mass is 16.3. The van der Waals surface area contributed by atoms with Gasteiger partial charge in [-0.3, -0.25) is 4.79 Å². The molecule has 0 bridgehead atoms. The van der Waals surface area contributed by atoms with Gasteiger partial charge >= 0.3 is 0 Å². The predicted molar refractivity (Wildman–Crippen MR) is 75.5 cm³/mol. The molecule has 3 nitrogen and oxygen atoms in total. The number of hydrogen-bond acceptors (Lipinski definition) is 2. The second kappa shape index (κ2) is 6.20. The number of unbranched alkanes of at least 4 members (excludes halogenated alkanes) is 1. The number of amides is 1. The molecule has 1 aromatic carbocycles. The first-order valence-corrected chi connectivity index (χ1v) is 7.23. The molecule has 0 saturated heterocycles. The minimum absolute atomic E-state index is 0.246. The van der Waals surface area contributed by atoms with Gasteiger partial charge in [-0.05, 0) is 29.5 Å². The van der Waals surface area contributed by atoms with Gasteiger partial charge in [0.1, 0.15) is 0 Å². The van der Waals surface area contributed by atoms with Gasteiger partial charge in [-0.2, -0.15) is 0 Å². The van der Waals surface area contributed by atoms with E-state index in [9.17, 15) is 9.90 Å². The molecule has 2 rings (SSSR count). The highest BCUT2D eigenvalue weighted by Gasteiger charge is 2.23. The Morgan fingerprint density at radius 3 is 2.74 bits per heavy atom. The van der Waals surface area contributed by atoms with Crippen LogP contribution in [-0.2, 0) is 17.9 Å². The van der Waals surface area contributed by atoms with E-state index in [0.29, 0.717) is 13.0 Å². The third kappa shape index (κ3) is 3.16. The van der Waals surface area contributed by atoms with Gasteiger partial charge in [-0.25, -0.2) is 0 Å². The number of fused-ring (bicyclic) bond motifs is 1. The third-order valence-electron chi connectivity index (χ3n) is 3.82. The normalized spacial score (nSPS) is 15.4. The predicted octanol–water partition coefficient (Wildman–Crippen LogP) is 3.16. The summed E-state index contributed by atoms with van der Waals surface area (Å²) in [5, 5.41) is 9.87. The molecule has 3 heteroatoms. The maximum Gasteiger partial charge on any atom is 0.223 e. The summed E-state index contributed by atoms with van der Waals surface area (Å²) in [5.74, 6) is 0.246. The van der Waals surface area contributed by atoms with Crippen LogP contribution in [0, 0.1) is 0 Å².